The van der Waals surface area contributed by atoms with Gasteiger partial charge in [0.15, 0.2) is 0 Å². The van der Waals surface area contributed by atoms with Crippen LogP contribution in [0.3, 0.4) is 0 Å². The van der Waals surface area contributed by atoms with Crippen molar-refractivity contribution in [2.24, 2.45) is 5.41 Å². The maximum atomic E-state index is 13.6. The predicted octanol–water partition coefficient (Wildman–Crippen LogP) is 2.69. The Hall–Kier alpha value is -2.11. The van der Waals surface area contributed by atoms with Gasteiger partial charge in [-0.25, -0.2) is 14.0 Å². The highest BCUT2D eigenvalue weighted by atomic mass is 19.1. The Balaban J connectivity index is 2.73. The lowest BCUT2D eigenvalue weighted by Gasteiger charge is -2.28. The fourth-order valence-electron chi connectivity index (χ4n) is 1.92. The zero-order valence-electron chi connectivity index (χ0n) is 12.6. The number of hydrogen-bond donors (Lipinski definition) is 3. The van der Waals surface area contributed by atoms with Gasteiger partial charge in [0, 0.05) is 5.56 Å². The van der Waals surface area contributed by atoms with Gasteiger partial charge in [0.05, 0.1) is 6.04 Å². The quantitative estimate of drug-likeness (QED) is 0.799. The molecule has 0 fully saturated rings. The monoisotopic (exact) mass is 296 g/mol. The van der Waals surface area contributed by atoms with Crippen molar-refractivity contribution < 1.29 is 19.1 Å². The van der Waals surface area contributed by atoms with Crippen LogP contribution in [0.5, 0.6) is 0 Å². The Morgan fingerprint density at radius 2 is 1.76 bits per heavy atom. The van der Waals surface area contributed by atoms with E-state index in [4.69, 9.17) is 5.11 Å². The van der Waals surface area contributed by atoms with E-state index in [1.165, 1.54) is 6.07 Å². The first-order valence-corrected chi connectivity index (χ1v) is 6.67. The number of benzene rings is 1. The normalized spacial score (nSPS) is 14.1. The first kappa shape index (κ1) is 16.9. The molecule has 3 N–H and O–H groups in total. The molecule has 0 aliphatic heterocycles. The molecule has 1 aromatic rings. The molecule has 1 rings (SSSR count). The summed E-state index contributed by atoms with van der Waals surface area (Å²) in [6.45, 7) is 6.77. The van der Waals surface area contributed by atoms with Gasteiger partial charge in [0.1, 0.15) is 11.9 Å². The summed E-state index contributed by atoms with van der Waals surface area (Å²) < 4.78 is 13.6. The van der Waals surface area contributed by atoms with Gasteiger partial charge in [-0.1, -0.05) is 39.0 Å². The Labute approximate surface area is 123 Å². The second-order valence-electron chi connectivity index (χ2n) is 6.00. The summed E-state index contributed by atoms with van der Waals surface area (Å²) in [7, 11) is 0. The number of hydrogen-bond acceptors (Lipinski definition) is 2. The molecular weight excluding hydrogens is 275 g/mol. The van der Waals surface area contributed by atoms with Crippen LogP contribution in [0.15, 0.2) is 24.3 Å². The summed E-state index contributed by atoms with van der Waals surface area (Å²) in [5.41, 5.74) is -0.292. The standard InChI is InChI=1S/C15H21FN2O3/c1-9(10-7-5-6-8-11(10)16)17-14(21)18-12(13(19)20)15(2,3)4/h5-9,12H,1-4H3,(H,19,20)(H2,17,18,21)/t9?,12-/m1/s1. The Morgan fingerprint density at radius 3 is 2.24 bits per heavy atom. The average molecular weight is 296 g/mol. The second kappa shape index (κ2) is 6.56. The van der Waals surface area contributed by atoms with Crippen LogP contribution >= 0.6 is 0 Å². The summed E-state index contributed by atoms with van der Waals surface area (Å²) in [5, 5.41) is 14.1. The molecule has 2 atom stereocenters. The van der Waals surface area contributed by atoms with Gasteiger partial charge in [-0.2, -0.15) is 0 Å². The van der Waals surface area contributed by atoms with Gasteiger partial charge >= 0.3 is 12.0 Å². The van der Waals surface area contributed by atoms with Crippen molar-refractivity contribution >= 4 is 12.0 Å². The highest BCUT2D eigenvalue weighted by molar-refractivity contribution is 5.83. The lowest BCUT2D eigenvalue weighted by atomic mass is 9.87. The number of urea groups is 1. The Kier molecular flexibility index (Phi) is 5.29. The average Bonchev–Trinajstić information content (AvgIpc) is 2.34. The van der Waals surface area contributed by atoms with Crippen LogP contribution in [0.4, 0.5) is 9.18 Å². The van der Waals surface area contributed by atoms with E-state index in [0.29, 0.717) is 5.56 Å². The van der Waals surface area contributed by atoms with Crippen LogP contribution in [0, 0.1) is 11.2 Å². The third-order valence-electron chi connectivity index (χ3n) is 3.11. The molecule has 0 spiro atoms. The SMILES string of the molecule is CC(NC(=O)N[C@H](C(=O)O)C(C)(C)C)c1ccccc1F. The summed E-state index contributed by atoms with van der Waals surface area (Å²) in [6, 6.07) is 3.85. The molecule has 0 saturated heterocycles. The van der Waals surface area contributed by atoms with E-state index in [2.05, 4.69) is 10.6 Å². The number of carboxylic acid groups (broad SMARTS) is 1. The van der Waals surface area contributed by atoms with Crippen molar-refractivity contribution in [3.8, 4) is 0 Å². The van der Waals surface area contributed by atoms with Gasteiger partial charge < -0.3 is 15.7 Å². The molecule has 1 aromatic carbocycles. The lowest BCUT2D eigenvalue weighted by molar-refractivity contribution is -0.141. The summed E-state index contributed by atoms with van der Waals surface area (Å²) >= 11 is 0. The van der Waals surface area contributed by atoms with Gasteiger partial charge in [-0.15, -0.1) is 0 Å². The van der Waals surface area contributed by atoms with Crippen LogP contribution < -0.4 is 10.6 Å². The van der Waals surface area contributed by atoms with Crippen molar-refractivity contribution in [1.82, 2.24) is 10.6 Å². The van der Waals surface area contributed by atoms with E-state index < -0.39 is 35.3 Å². The minimum absolute atomic E-state index is 0.343. The van der Waals surface area contributed by atoms with E-state index >= 15 is 0 Å². The van der Waals surface area contributed by atoms with Gasteiger partial charge in [0.25, 0.3) is 0 Å². The smallest absolute Gasteiger partial charge is 0.326 e. The van der Waals surface area contributed by atoms with Crippen molar-refractivity contribution in [2.75, 3.05) is 0 Å². The number of rotatable bonds is 4. The van der Waals surface area contributed by atoms with Crippen LogP contribution in [-0.2, 0) is 4.79 Å². The highest BCUT2D eigenvalue weighted by Gasteiger charge is 2.32. The molecule has 1 unspecified atom stereocenters. The minimum atomic E-state index is -1.11. The van der Waals surface area contributed by atoms with E-state index in [0.717, 1.165) is 0 Å². The number of nitrogens with one attached hydrogen (secondary N) is 2. The maximum absolute atomic E-state index is 13.6. The van der Waals surface area contributed by atoms with Gasteiger partial charge in [-0.05, 0) is 18.4 Å². The van der Waals surface area contributed by atoms with E-state index in [9.17, 15) is 14.0 Å². The maximum Gasteiger partial charge on any atom is 0.326 e. The summed E-state index contributed by atoms with van der Waals surface area (Å²) in [4.78, 5) is 23.1. The summed E-state index contributed by atoms with van der Waals surface area (Å²) in [6.07, 6.45) is 0. The fourth-order valence-corrected chi connectivity index (χ4v) is 1.92. The topological polar surface area (TPSA) is 78.4 Å². The molecule has 6 heteroatoms. The van der Waals surface area contributed by atoms with Gasteiger partial charge in [0.2, 0.25) is 0 Å². The first-order valence-electron chi connectivity index (χ1n) is 6.67. The molecule has 116 valence electrons. The molecule has 0 heterocycles. The van der Waals surface area contributed by atoms with Crippen LogP contribution in [0.25, 0.3) is 0 Å². The second-order valence-corrected chi connectivity index (χ2v) is 6.00. The molecule has 2 amide bonds. The zero-order chi connectivity index (χ0) is 16.2. The van der Waals surface area contributed by atoms with Crippen molar-refractivity contribution in [1.29, 1.82) is 0 Å². The molecule has 0 bridgehead atoms. The van der Waals surface area contributed by atoms with Crippen molar-refractivity contribution in [3.63, 3.8) is 0 Å². The van der Waals surface area contributed by atoms with Crippen LogP contribution in [0.2, 0.25) is 0 Å². The fraction of sp³-hybridized carbons (Fsp3) is 0.467. The van der Waals surface area contributed by atoms with Crippen LogP contribution in [-0.4, -0.2) is 23.1 Å². The van der Waals surface area contributed by atoms with E-state index in [1.807, 2.05) is 0 Å². The molecule has 0 radical (unpaired) electrons. The number of halogens is 1. The number of carbonyl (C=O) groups is 2. The third-order valence-corrected chi connectivity index (χ3v) is 3.11. The van der Waals surface area contributed by atoms with Crippen molar-refractivity contribution in [3.05, 3.63) is 35.6 Å². The number of carboxylic acids is 1. The van der Waals surface area contributed by atoms with E-state index in [1.54, 1.807) is 45.9 Å². The zero-order valence-corrected chi connectivity index (χ0v) is 12.6. The predicted molar refractivity (Wildman–Crippen MR) is 77.4 cm³/mol. The highest BCUT2D eigenvalue weighted by Crippen LogP contribution is 2.20. The minimum Gasteiger partial charge on any atom is -0.480 e. The molecule has 0 aliphatic rings. The Morgan fingerprint density at radius 1 is 1.19 bits per heavy atom. The third kappa shape index (κ3) is 4.73. The van der Waals surface area contributed by atoms with Crippen molar-refractivity contribution in [2.45, 2.75) is 39.8 Å². The Bertz CT molecular complexity index is 526. The lowest BCUT2D eigenvalue weighted by Crippen LogP contribution is -2.52. The molecule has 0 aliphatic carbocycles. The number of amides is 2. The molecular formula is C15H21FN2O3. The van der Waals surface area contributed by atoms with Gasteiger partial charge in [-0.3, -0.25) is 0 Å². The first-order chi connectivity index (χ1) is 9.62. The molecule has 0 aromatic heterocycles. The largest absolute Gasteiger partial charge is 0.480 e. The van der Waals surface area contributed by atoms with Crippen LogP contribution in [0.1, 0.15) is 39.3 Å². The number of carbonyl (C=O) groups excluding carboxylic acids is 1. The molecule has 0 saturated carbocycles. The number of aliphatic carboxylic acids is 1. The molecule has 5 nitrogen and oxygen atoms in total. The van der Waals surface area contributed by atoms with E-state index in [-0.39, 0.29) is 0 Å². The summed E-state index contributed by atoms with van der Waals surface area (Å²) in [5.74, 6) is -1.54. The molecule has 21 heavy (non-hydrogen) atoms.